The molecule has 46 heavy (non-hydrogen) atoms. The van der Waals surface area contributed by atoms with Crippen LogP contribution < -0.4 is 0 Å². The summed E-state index contributed by atoms with van der Waals surface area (Å²) in [5.74, 6) is -0.0697. The van der Waals surface area contributed by atoms with Crippen molar-refractivity contribution in [2.24, 2.45) is 0 Å². The second-order valence-corrected chi connectivity index (χ2v) is 15.8. The largest absolute Gasteiger partial charge is 0.388 e. The summed E-state index contributed by atoms with van der Waals surface area (Å²) in [6.45, 7) is 4.24. The van der Waals surface area contributed by atoms with Gasteiger partial charge in [0, 0.05) is 5.92 Å². The summed E-state index contributed by atoms with van der Waals surface area (Å²) in [7, 11) is 0. The molecule has 6 atom stereocenters. The molecule has 2 nitrogen and oxygen atoms in total. The molecule has 4 bridgehead atoms. The van der Waals surface area contributed by atoms with E-state index in [1.807, 2.05) is 0 Å². The van der Waals surface area contributed by atoms with Gasteiger partial charge in [0.2, 0.25) is 0 Å². The minimum absolute atomic E-state index is 0.0697. The van der Waals surface area contributed by atoms with Crippen LogP contribution in [0.3, 0.4) is 0 Å². The van der Waals surface area contributed by atoms with Crippen LogP contribution in [0.2, 0.25) is 0 Å². The van der Waals surface area contributed by atoms with Crippen LogP contribution in [-0.4, -0.2) is 22.4 Å². The van der Waals surface area contributed by atoms with Crippen molar-refractivity contribution in [2.75, 3.05) is 0 Å². The Morgan fingerprint density at radius 3 is 2.54 bits per heavy atom. The molecular weight excluding hydrogens is 560 g/mol. The van der Waals surface area contributed by atoms with Crippen molar-refractivity contribution in [1.29, 1.82) is 0 Å². The molecule has 0 radical (unpaired) electrons. The van der Waals surface area contributed by atoms with Crippen LogP contribution in [0.5, 0.6) is 0 Å². The van der Waals surface area contributed by atoms with Crippen molar-refractivity contribution in [3.8, 4) is 0 Å². The summed E-state index contributed by atoms with van der Waals surface area (Å²) >= 11 is 0. The first-order valence-electron chi connectivity index (χ1n) is 17.7. The molecule has 0 fully saturated rings. The van der Waals surface area contributed by atoms with E-state index in [2.05, 4.69) is 73.3 Å². The Bertz CT molecular complexity index is 2450. The van der Waals surface area contributed by atoms with E-state index in [9.17, 15) is 10.2 Å². The van der Waals surface area contributed by atoms with Crippen molar-refractivity contribution in [3.05, 3.63) is 134 Å². The number of allylic oxidation sites excluding steroid dienone is 5. The Balaban J connectivity index is 1.39. The van der Waals surface area contributed by atoms with Crippen LogP contribution in [0.4, 0.5) is 0 Å². The van der Waals surface area contributed by atoms with Crippen molar-refractivity contribution in [2.45, 2.75) is 85.7 Å². The highest BCUT2D eigenvalue weighted by Gasteiger charge is 2.78. The predicted molar refractivity (Wildman–Crippen MR) is 184 cm³/mol. The van der Waals surface area contributed by atoms with Crippen molar-refractivity contribution in [3.63, 3.8) is 0 Å². The van der Waals surface area contributed by atoms with E-state index in [0.717, 1.165) is 38.5 Å². The van der Waals surface area contributed by atoms with Gasteiger partial charge in [-0.1, -0.05) is 96.3 Å². The van der Waals surface area contributed by atoms with E-state index in [1.54, 1.807) is 0 Å². The smallest absolute Gasteiger partial charge is 0.0873 e. The molecule has 0 heterocycles. The van der Waals surface area contributed by atoms with Gasteiger partial charge in [0.15, 0.2) is 0 Å². The molecule has 9 aliphatic rings. The van der Waals surface area contributed by atoms with Crippen molar-refractivity contribution in [1.82, 2.24) is 0 Å². The van der Waals surface area contributed by atoms with E-state index < -0.39 is 28.5 Å². The third kappa shape index (κ3) is 1.97. The molecule has 0 saturated carbocycles. The van der Waals surface area contributed by atoms with Gasteiger partial charge in [-0.3, -0.25) is 0 Å². The highest BCUT2D eigenvalue weighted by Crippen LogP contribution is 2.84. The summed E-state index contributed by atoms with van der Waals surface area (Å²) in [4.78, 5) is 0. The van der Waals surface area contributed by atoms with Gasteiger partial charge < -0.3 is 10.2 Å². The lowest BCUT2D eigenvalue weighted by Gasteiger charge is -2.57. The molecule has 222 valence electrons. The SMILES string of the molecule is C=CCc1cc2ccc3c4c2c2c1[C@@H]1[C@H](O)C=C5CCCCCCC6=CC(O)[C@@]78C(=C3)Cc3cc9cccc%10c9c(c37)C(=C2[C@]648)[C@]5%101. The third-order valence-corrected chi connectivity index (χ3v) is 14.5. The van der Waals surface area contributed by atoms with Gasteiger partial charge in [-0.05, 0) is 121 Å². The Morgan fingerprint density at radius 2 is 1.67 bits per heavy atom. The molecule has 0 saturated heterocycles. The quantitative estimate of drug-likeness (QED) is 0.229. The number of hydrogen-bond acceptors (Lipinski definition) is 2. The van der Waals surface area contributed by atoms with Crippen LogP contribution >= 0.6 is 0 Å². The van der Waals surface area contributed by atoms with Crippen LogP contribution in [0, 0.1) is 0 Å². The molecule has 4 aromatic carbocycles. The molecule has 1 unspecified atom stereocenters. The number of aliphatic hydroxyl groups excluding tert-OH is 2. The standard InChI is InChI=1S/C44H34O2/c1-2-8-21-15-23-13-14-24-17-28-18-25-16-22-9-7-12-29-32(22)36-38(25)43(28)31(46)20-27-11-6-4-3-5-10-26-19-30(45)39-34(21)35-33(23)37(24)44(27,43)41(35)40(36)42(26,29)39/h2,7,9,12-17,19-20,30-31,39,45-46H,1,3-6,8,10-11,18H2/t30-,31?,39+,42-,43+,44+/m1/s1. The average Bonchev–Trinajstić information content (AvgIpc) is 3.80. The maximum absolute atomic E-state index is 12.8. The zero-order chi connectivity index (χ0) is 30.1. The van der Waals surface area contributed by atoms with Crippen molar-refractivity contribution < 1.29 is 10.2 Å². The number of benzene rings is 4. The van der Waals surface area contributed by atoms with Crippen molar-refractivity contribution >= 4 is 38.8 Å². The summed E-state index contributed by atoms with van der Waals surface area (Å²) in [5.41, 5.74) is 18.6. The number of fused-ring (bicyclic) bond motifs is 1. The van der Waals surface area contributed by atoms with E-state index >= 15 is 0 Å². The van der Waals surface area contributed by atoms with Crippen LogP contribution in [0.25, 0.3) is 38.8 Å². The lowest BCUT2D eigenvalue weighted by atomic mass is 9.44. The number of aliphatic hydroxyl groups is 2. The van der Waals surface area contributed by atoms with E-state index in [-0.39, 0.29) is 5.92 Å². The maximum Gasteiger partial charge on any atom is 0.0873 e. The monoisotopic (exact) mass is 594 g/mol. The first-order valence-corrected chi connectivity index (χ1v) is 17.7. The Labute approximate surface area is 268 Å². The lowest BCUT2D eigenvalue weighted by Crippen LogP contribution is -2.57. The van der Waals surface area contributed by atoms with E-state index in [4.69, 9.17) is 0 Å². The Hall–Kier alpha value is -3.98. The van der Waals surface area contributed by atoms with Gasteiger partial charge >= 0.3 is 0 Å². The van der Waals surface area contributed by atoms with Gasteiger partial charge in [-0.2, -0.15) is 0 Å². The summed E-state index contributed by atoms with van der Waals surface area (Å²) < 4.78 is 0. The van der Waals surface area contributed by atoms with Gasteiger partial charge in [-0.25, -0.2) is 0 Å². The second-order valence-electron chi connectivity index (χ2n) is 15.8. The lowest BCUT2D eigenvalue weighted by molar-refractivity contribution is 0.133. The molecule has 3 spiro atoms. The van der Waals surface area contributed by atoms with Crippen LogP contribution in [0.1, 0.15) is 94.5 Å². The first kappa shape index (κ1) is 24.2. The van der Waals surface area contributed by atoms with Gasteiger partial charge in [0.25, 0.3) is 0 Å². The average molecular weight is 595 g/mol. The molecule has 0 aromatic heterocycles. The Morgan fingerprint density at radius 1 is 0.826 bits per heavy atom. The summed E-state index contributed by atoms with van der Waals surface area (Å²) in [5, 5.41) is 30.8. The van der Waals surface area contributed by atoms with Gasteiger partial charge in [0.05, 0.1) is 28.5 Å². The molecule has 9 aliphatic carbocycles. The molecule has 13 rings (SSSR count). The minimum Gasteiger partial charge on any atom is -0.388 e. The molecule has 2 heteroatoms. The minimum atomic E-state index is -0.567. The van der Waals surface area contributed by atoms with Gasteiger partial charge in [0.1, 0.15) is 0 Å². The summed E-state index contributed by atoms with van der Waals surface area (Å²) in [6.07, 6.45) is 16.5. The third-order valence-electron chi connectivity index (χ3n) is 14.5. The Kier molecular flexibility index (Phi) is 3.75. The number of rotatable bonds is 2. The fourth-order valence-electron chi connectivity index (χ4n) is 13.7. The topological polar surface area (TPSA) is 40.5 Å². The predicted octanol–water partition coefficient (Wildman–Crippen LogP) is 8.39. The van der Waals surface area contributed by atoms with Crippen LogP contribution in [-0.2, 0) is 29.1 Å². The van der Waals surface area contributed by atoms with Crippen LogP contribution in [0.15, 0.2) is 84.0 Å². The summed E-state index contributed by atoms with van der Waals surface area (Å²) in [6, 6.07) is 16.7. The molecular formula is C44H34O2. The fourth-order valence-corrected chi connectivity index (χ4v) is 13.7. The van der Waals surface area contributed by atoms with Gasteiger partial charge in [-0.15, -0.1) is 6.58 Å². The van der Waals surface area contributed by atoms with E-state index in [1.165, 1.54) is 112 Å². The second kappa shape index (κ2) is 7.13. The zero-order valence-electron chi connectivity index (χ0n) is 25.8. The highest BCUT2D eigenvalue weighted by atomic mass is 16.3. The molecule has 4 aromatic rings. The number of hydrogen-bond donors (Lipinski definition) is 2. The first-order chi connectivity index (χ1) is 22.6. The zero-order valence-corrected chi connectivity index (χ0v) is 25.8. The molecule has 0 aliphatic heterocycles. The highest BCUT2D eigenvalue weighted by molar-refractivity contribution is 6.27. The molecule has 2 N–H and O–H groups in total. The molecule has 0 amide bonds. The fraction of sp³-hybridized carbons (Fsp3) is 0.318. The maximum atomic E-state index is 12.8. The van der Waals surface area contributed by atoms with E-state index in [0.29, 0.717) is 0 Å². The normalized spacial score (nSPS) is 35.1.